The first kappa shape index (κ1) is 17.9. The average Bonchev–Trinajstić information content (AvgIpc) is 2.91. The second-order valence-electron chi connectivity index (χ2n) is 6.87. The van der Waals surface area contributed by atoms with Gasteiger partial charge in [-0.15, -0.1) is 0 Å². The van der Waals surface area contributed by atoms with Gasteiger partial charge in [0, 0.05) is 52.3 Å². The number of aryl methyl sites for hydroxylation is 1. The standard InChI is InChI=1S/C17H27N5O3/c1-11-9-13-15(12(2)25-11)19-20(4)16(13)17(24)22-7-5-21(6-8-22)10-14(23)18-3/h11-12H,5-10H2,1-4H3,(H,18,23)/t11-,12+/m1/s1. The van der Waals surface area contributed by atoms with Crippen LogP contribution in [0.5, 0.6) is 0 Å². The molecule has 25 heavy (non-hydrogen) atoms. The minimum Gasteiger partial charge on any atom is -0.369 e. The fourth-order valence-corrected chi connectivity index (χ4v) is 3.67. The highest BCUT2D eigenvalue weighted by Crippen LogP contribution is 2.31. The van der Waals surface area contributed by atoms with E-state index in [1.54, 1.807) is 11.7 Å². The van der Waals surface area contributed by atoms with E-state index in [0.29, 0.717) is 44.8 Å². The zero-order valence-corrected chi connectivity index (χ0v) is 15.4. The van der Waals surface area contributed by atoms with Gasteiger partial charge >= 0.3 is 0 Å². The van der Waals surface area contributed by atoms with E-state index in [-0.39, 0.29) is 24.0 Å². The fraction of sp³-hybridized carbons (Fsp3) is 0.706. The van der Waals surface area contributed by atoms with Crippen LogP contribution in [-0.2, 0) is 23.0 Å². The lowest BCUT2D eigenvalue weighted by Gasteiger charge is -2.34. The third kappa shape index (κ3) is 3.55. The Bertz CT molecular complexity index is 663. The number of ether oxygens (including phenoxy) is 1. The van der Waals surface area contributed by atoms with Crippen molar-refractivity contribution in [1.29, 1.82) is 0 Å². The number of fused-ring (bicyclic) bond motifs is 1. The van der Waals surface area contributed by atoms with E-state index in [0.717, 1.165) is 11.3 Å². The summed E-state index contributed by atoms with van der Waals surface area (Å²) < 4.78 is 7.52. The molecule has 2 atom stereocenters. The van der Waals surface area contributed by atoms with Crippen molar-refractivity contribution in [3.63, 3.8) is 0 Å². The molecule has 138 valence electrons. The second kappa shape index (κ2) is 7.13. The number of piperazine rings is 1. The number of amides is 2. The summed E-state index contributed by atoms with van der Waals surface area (Å²) in [7, 11) is 3.46. The van der Waals surface area contributed by atoms with Crippen molar-refractivity contribution in [3.05, 3.63) is 17.0 Å². The Hall–Kier alpha value is -1.93. The highest BCUT2D eigenvalue weighted by atomic mass is 16.5. The van der Waals surface area contributed by atoms with E-state index >= 15 is 0 Å². The van der Waals surface area contributed by atoms with Gasteiger partial charge in [-0.25, -0.2) is 0 Å². The summed E-state index contributed by atoms with van der Waals surface area (Å²) in [5.74, 6) is 0.0283. The molecule has 2 amide bonds. The fourth-order valence-electron chi connectivity index (χ4n) is 3.67. The summed E-state index contributed by atoms with van der Waals surface area (Å²) in [4.78, 5) is 28.5. The van der Waals surface area contributed by atoms with Crippen LogP contribution in [0.4, 0.5) is 0 Å². The summed E-state index contributed by atoms with van der Waals surface area (Å²) in [5.41, 5.74) is 2.57. The van der Waals surface area contributed by atoms with Gasteiger partial charge in [-0.2, -0.15) is 5.10 Å². The molecule has 0 aliphatic carbocycles. The lowest BCUT2D eigenvalue weighted by atomic mass is 9.99. The van der Waals surface area contributed by atoms with Crippen LogP contribution in [-0.4, -0.2) is 77.3 Å². The normalized spacial score (nSPS) is 24.1. The highest BCUT2D eigenvalue weighted by Gasteiger charge is 2.33. The molecule has 0 aromatic carbocycles. The van der Waals surface area contributed by atoms with E-state index < -0.39 is 0 Å². The molecule has 3 heterocycles. The van der Waals surface area contributed by atoms with Gasteiger partial charge in [-0.05, 0) is 13.8 Å². The van der Waals surface area contributed by atoms with Crippen molar-refractivity contribution in [2.75, 3.05) is 39.8 Å². The van der Waals surface area contributed by atoms with Gasteiger partial charge in [0.25, 0.3) is 5.91 Å². The topological polar surface area (TPSA) is 79.7 Å². The molecule has 1 saturated heterocycles. The van der Waals surface area contributed by atoms with Crippen LogP contribution < -0.4 is 5.32 Å². The molecular weight excluding hydrogens is 322 g/mol. The summed E-state index contributed by atoms with van der Waals surface area (Å²) in [5, 5.41) is 7.16. The first-order valence-corrected chi connectivity index (χ1v) is 8.84. The molecule has 0 unspecified atom stereocenters. The van der Waals surface area contributed by atoms with Gasteiger partial charge in [0.2, 0.25) is 5.91 Å². The lowest BCUT2D eigenvalue weighted by Crippen LogP contribution is -2.51. The number of rotatable bonds is 3. The van der Waals surface area contributed by atoms with Crippen LogP contribution in [0, 0.1) is 0 Å². The Labute approximate surface area is 148 Å². The van der Waals surface area contributed by atoms with E-state index in [2.05, 4.69) is 15.3 Å². The smallest absolute Gasteiger partial charge is 0.272 e. The van der Waals surface area contributed by atoms with Crippen LogP contribution in [0.3, 0.4) is 0 Å². The van der Waals surface area contributed by atoms with E-state index in [1.807, 2.05) is 25.8 Å². The highest BCUT2D eigenvalue weighted by molar-refractivity contribution is 5.94. The molecule has 2 aliphatic rings. The number of nitrogens with one attached hydrogen (secondary N) is 1. The van der Waals surface area contributed by atoms with Crippen molar-refractivity contribution >= 4 is 11.8 Å². The first-order chi connectivity index (χ1) is 11.9. The van der Waals surface area contributed by atoms with Gasteiger partial charge in [0.15, 0.2) is 0 Å². The maximum Gasteiger partial charge on any atom is 0.272 e. The number of carbonyl (C=O) groups is 2. The second-order valence-corrected chi connectivity index (χ2v) is 6.87. The summed E-state index contributed by atoms with van der Waals surface area (Å²) in [6.07, 6.45) is 0.712. The number of hydrogen-bond donors (Lipinski definition) is 1. The Kier molecular flexibility index (Phi) is 5.10. The van der Waals surface area contributed by atoms with Crippen LogP contribution in [0.2, 0.25) is 0 Å². The number of likely N-dealkylation sites (N-methyl/N-ethyl adjacent to an activating group) is 1. The third-order valence-electron chi connectivity index (χ3n) is 5.00. The van der Waals surface area contributed by atoms with Gasteiger partial charge in [0.1, 0.15) is 5.69 Å². The largest absolute Gasteiger partial charge is 0.369 e. The van der Waals surface area contributed by atoms with E-state index in [9.17, 15) is 9.59 Å². The number of nitrogens with zero attached hydrogens (tertiary/aromatic N) is 4. The molecule has 1 N–H and O–H groups in total. The number of aromatic nitrogens is 2. The Morgan fingerprint density at radius 3 is 2.56 bits per heavy atom. The SMILES string of the molecule is CNC(=O)CN1CCN(C(=O)c2c3c(nn2C)[C@H](C)O[C@H](C)C3)CC1. The zero-order valence-electron chi connectivity index (χ0n) is 15.4. The molecule has 0 radical (unpaired) electrons. The molecular formula is C17H27N5O3. The Balaban J connectivity index is 1.72. The van der Waals surface area contributed by atoms with Crippen LogP contribution in [0.25, 0.3) is 0 Å². The van der Waals surface area contributed by atoms with Crippen LogP contribution >= 0.6 is 0 Å². The monoisotopic (exact) mass is 349 g/mol. The van der Waals surface area contributed by atoms with Crippen LogP contribution in [0.1, 0.15) is 41.7 Å². The minimum atomic E-state index is -0.0871. The van der Waals surface area contributed by atoms with Crippen LogP contribution in [0.15, 0.2) is 0 Å². The molecule has 8 nitrogen and oxygen atoms in total. The van der Waals surface area contributed by atoms with Crippen molar-refractivity contribution in [2.45, 2.75) is 32.5 Å². The lowest BCUT2D eigenvalue weighted by molar-refractivity contribution is -0.122. The average molecular weight is 349 g/mol. The molecule has 8 heteroatoms. The molecule has 1 aromatic heterocycles. The molecule has 1 fully saturated rings. The van der Waals surface area contributed by atoms with E-state index in [1.165, 1.54) is 0 Å². The predicted molar refractivity (Wildman–Crippen MR) is 92.3 cm³/mol. The number of carbonyl (C=O) groups excluding carboxylic acids is 2. The van der Waals surface area contributed by atoms with Crippen molar-refractivity contribution in [2.24, 2.45) is 7.05 Å². The maximum absolute atomic E-state index is 13.1. The van der Waals surface area contributed by atoms with E-state index in [4.69, 9.17) is 4.74 Å². The summed E-state index contributed by atoms with van der Waals surface area (Å²) in [6.45, 7) is 7.04. The molecule has 0 saturated carbocycles. The summed E-state index contributed by atoms with van der Waals surface area (Å²) >= 11 is 0. The molecule has 0 bridgehead atoms. The Morgan fingerprint density at radius 1 is 1.24 bits per heavy atom. The van der Waals surface area contributed by atoms with Gasteiger partial charge < -0.3 is 15.0 Å². The minimum absolute atomic E-state index is 0.00320. The number of hydrogen-bond acceptors (Lipinski definition) is 5. The molecule has 2 aliphatic heterocycles. The zero-order chi connectivity index (χ0) is 18.1. The van der Waals surface area contributed by atoms with Gasteiger partial charge in [0.05, 0.1) is 24.4 Å². The predicted octanol–water partition coefficient (Wildman–Crippen LogP) is -0.0539. The molecule has 3 rings (SSSR count). The van der Waals surface area contributed by atoms with Gasteiger partial charge in [-0.3, -0.25) is 19.2 Å². The molecule has 0 spiro atoms. The Morgan fingerprint density at radius 2 is 1.92 bits per heavy atom. The van der Waals surface area contributed by atoms with Crippen molar-refractivity contribution < 1.29 is 14.3 Å². The van der Waals surface area contributed by atoms with Crippen molar-refractivity contribution in [1.82, 2.24) is 24.9 Å². The third-order valence-corrected chi connectivity index (χ3v) is 5.00. The summed E-state index contributed by atoms with van der Waals surface area (Å²) in [6, 6.07) is 0. The van der Waals surface area contributed by atoms with Crippen molar-refractivity contribution in [3.8, 4) is 0 Å². The molecule has 1 aromatic rings. The van der Waals surface area contributed by atoms with Gasteiger partial charge in [-0.1, -0.05) is 0 Å². The maximum atomic E-state index is 13.1. The first-order valence-electron chi connectivity index (χ1n) is 8.84. The quantitative estimate of drug-likeness (QED) is 0.827.